The monoisotopic (exact) mass is 256 g/mol. The largest absolute Gasteiger partial charge is 0.458 e. The lowest BCUT2D eigenvalue weighted by Gasteiger charge is -2.34. The van der Waals surface area contributed by atoms with Crippen LogP contribution in [0.3, 0.4) is 0 Å². The number of nitriles is 1. The summed E-state index contributed by atoms with van der Waals surface area (Å²) in [4.78, 5) is 0. The summed E-state index contributed by atoms with van der Waals surface area (Å²) in [5, 5.41) is 9.39. The Bertz CT molecular complexity index is 548. The molecule has 0 aromatic heterocycles. The number of fused-ring (bicyclic) bond motifs is 1. The first-order valence-corrected chi connectivity index (χ1v) is 6.34. The minimum absolute atomic E-state index is 0.0394. The molecule has 3 rings (SSSR count). The van der Waals surface area contributed by atoms with Crippen LogP contribution in [-0.2, 0) is 4.74 Å². The maximum Gasteiger partial charge on any atom is 0.200 e. The topological polar surface area (TPSA) is 83.1 Å². The SMILES string of the molecule is CC1NNC2OC(N)=C(C#N)C(c3ccccc3)C12. The fraction of sp³-hybridized carbons (Fsp3) is 0.357. The van der Waals surface area contributed by atoms with Gasteiger partial charge in [-0.3, -0.25) is 5.43 Å². The summed E-state index contributed by atoms with van der Waals surface area (Å²) in [6, 6.07) is 12.4. The number of nitrogens with zero attached hydrogens (tertiary/aromatic N) is 1. The number of hydrogen-bond acceptors (Lipinski definition) is 5. The average molecular weight is 256 g/mol. The summed E-state index contributed by atoms with van der Waals surface area (Å²) in [6.07, 6.45) is -0.197. The first kappa shape index (κ1) is 12.0. The zero-order valence-electron chi connectivity index (χ0n) is 10.6. The van der Waals surface area contributed by atoms with E-state index in [9.17, 15) is 5.26 Å². The molecule has 0 aliphatic carbocycles. The van der Waals surface area contributed by atoms with E-state index < -0.39 is 0 Å². The van der Waals surface area contributed by atoms with Gasteiger partial charge in [0.1, 0.15) is 6.07 Å². The van der Waals surface area contributed by atoms with Gasteiger partial charge in [-0.1, -0.05) is 30.3 Å². The number of rotatable bonds is 1. The predicted octanol–water partition coefficient (Wildman–Crippen LogP) is 0.933. The molecule has 2 heterocycles. The highest BCUT2D eigenvalue weighted by Crippen LogP contribution is 2.42. The Balaban J connectivity index is 2.10. The molecule has 0 radical (unpaired) electrons. The molecule has 0 bridgehead atoms. The van der Waals surface area contributed by atoms with E-state index in [4.69, 9.17) is 10.5 Å². The molecule has 1 fully saturated rings. The predicted molar refractivity (Wildman–Crippen MR) is 70.1 cm³/mol. The van der Waals surface area contributed by atoms with Crippen LogP contribution in [-0.4, -0.2) is 12.3 Å². The Morgan fingerprint density at radius 1 is 1.26 bits per heavy atom. The summed E-state index contributed by atoms with van der Waals surface area (Å²) >= 11 is 0. The minimum Gasteiger partial charge on any atom is -0.458 e. The van der Waals surface area contributed by atoms with Crippen molar-refractivity contribution in [3.63, 3.8) is 0 Å². The molecule has 19 heavy (non-hydrogen) atoms. The Kier molecular flexibility index (Phi) is 2.90. The maximum atomic E-state index is 9.39. The zero-order chi connectivity index (χ0) is 13.4. The summed E-state index contributed by atoms with van der Waals surface area (Å²) in [6.45, 7) is 2.08. The lowest BCUT2D eigenvalue weighted by atomic mass is 9.76. The molecule has 1 saturated heterocycles. The normalized spacial score (nSPS) is 33.5. The molecule has 2 aliphatic rings. The molecule has 2 aliphatic heterocycles. The molecule has 4 N–H and O–H groups in total. The first-order chi connectivity index (χ1) is 9.22. The smallest absolute Gasteiger partial charge is 0.200 e. The van der Waals surface area contributed by atoms with Crippen LogP contribution in [0.15, 0.2) is 41.8 Å². The minimum atomic E-state index is -0.197. The van der Waals surface area contributed by atoms with Crippen molar-refractivity contribution in [2.75, 3.05) is 0 Å². The van der Waals surface area contributed by atoms with Crippen molar-refractivity contribution in [1.82, 2.24) is 10.9 Å². The van der Waals surface area contributed by atoms with Crippen molar-refractivity contribution < 1.29 is 4.74 Å². The van der Waals surface area contributed by atoms with Crippen molar-refractivity contribution in [2.45, 2.75) is 25.1 Å². The van der Waals surface area contributed by atoms with Crippen molar-refractivity contribution in [1.29, 1.82) is 5.26 Å². The molecule has 5 nitrogen and oxygen atoms in total. The molecule has 1 aromatic carbocycles. The van der Waals surface area contributed by atoms with Crippen LogP contribution in [0.25, 0.3) is 0 Å². The number of ether oxygens (including phenoxy) is 1. The molecule has 5 heteroatoms. The van der Waals surface area contributed by atoms with Crippen LogP contribution in [0, 0.1) is 17.2 Å². The number of nitrogens with two attached hydrogens (primary N) is 1. The molecular formula is C14H16N4O. The second-order valence-corrected chi connectivity index (χ2v) is 4.97. The fourth-order valence-electron chi connectivity index (χ4n) is 2.96. The van der Waals surface area contributed by atoms with Gasteiger partial charge in [0.25, 0.3) is 0 Å². The van der Waals surface area contributed by atoms with Gasteiger partial charge in [0.15, 0.2) is 6.23 Å². The maximum absolute atomic E-state index is 9.39. The standard InChI is InChI=1S/C14H16N4O/c1-8-11-12(9-5-3-2-4-6-9)10(7-15)13(16)19-14(11)18-17-8/h2-6,8,11-12,14,17-18H,16H2,1H3. The molecule has 0 spiro atoms. The van der Waals surface area contributed by atoms with Gasteiger partial charge < -0.3 is 10.5 Å². The van der Waals surface area contributed by atoms with Crippen molar-refractivity contribution in [3.8, 4) is 6.07 Å². The molecule has 1 aromatic rings. The van der Waals surface area contributed by atoms with Crippen molar-refractivity contribution in [3.05, 3.63) is 47.4 Å². The summed E-state index contributed by atoms with van der Waals surface area (Å²) in [5.74, 6) is 0.327. The van der Waals surface area contributed by atoms with Gasteiger partial charge in [0.2, 0.25) is 5.88 Å². The fourth-order valence-corrected chi connectivity index (χ4v) is 2.96. The molecule has 4 unspecified atom stereocenters. The van der Waals surface area contributed by atoms with Crippen LogP contribution >= 0.6 is 0 Å². The molecular weight excluding hydrogens is 240 g/mol. The molecule has 0 amide bonds. The van der Waals surface area contributed by atoms with Gasteiger partial charge >= 0.3 is 0 Å². The van der Waals surface area contributed by atoms with E-state index >= 15 is 0 Å². The van der Waals surface area contributed by atoms with E-state index in [0.29, 0.717) is 5.57 Å². The zero-order valence-corrected chi connectivity index (χ0v) is 10.6. The number of hydrazine groups is 1. The van der Waals surface area contributed by atoms with Crippen LogP contribution in [0.5, 0.6) is 0 Å². The second-order valence-electron chi connectivity index (χ2n) is 4.97. The molecule has 4 atom stereocenters. The van der Waals surface area contributed by atoms with E-state index in [2.05, 4.69) is 23.8 Å². The van der Waals surface area contributed by atoms with Crippen LogP contribution in [0.2, 0.25) is 0 Å². The lowest BCUT2D eigenvalue weighted by molar-refractivity contribution is 0.0351. The van der Waals surface area contributed by atoms with Crippen LogP contribution in [0.1, 0.15) is 18.4 Å². The van der Waals surface area contributed by atoms with Crippen molar-refractivity contribution >= 4 is 0 Å². The van der Waals surface area contributed by atoms with Gasteiger partial charge in [-0.05, 0) is 12.5 Å². The molecule has 0 saturated carbocycles. The number of allylic oxidation sites excluding steroid dienone is 1. The van der Waals surface area contributed by atoms with Gasteiger partial charge in [-0.15, -0.1) is 0 Å². The third-order valence-corrected chi connectivity index (χ3v) is 3.87. The summed E-state index contributed by atoms with van der Waals surface area (Å²) < 4.78 is 5.60. The molecule has 98 valence electrons. The highest BCUT2D eigenvalue weighted by Gasteiger charge is 2.46. The van der Waals surface area contributed by atoms with E-state index in [1.807, 2.05) is 30.3 Å². The van der Waals surface area contributed by atoms with Gasteiger partial charge in [-0.25, -0.2) is 5.43 Å². The van der Waals surface area contributed by atoms with Gasteiger partial charge in [0, 0.05) is 17.9 Å². The van der Waals surface area contributed by atoms with Gasteiger partial charge in [-0.2, -0.15) is 5.26 Å². The van der Waals surface area contributed by atoms with Crippen LogP contribution in [0.4, 0.5) is 0 Å². The Morgan fingerprint density at radius 3 is 2.68 bits per heavy atom. The van der Waals surface area contributed by atoms with E-state index in [1.165, 1.54) is 0 Å². The number of benzene rings is 1. The third-order valence-electron chi connectivity index (χ3n) is 3.87. The summed E-state index contributed by atoms with van der Waals surface area (Å²) in [7, 11) is 0. The van der Waals surface area contributed by atoms with Crippen LogP contribution < -0.4 is 16.6 Å². The third kappa shape index (κ3) is 1.86. The average Bonchev–Trinajstić information content (AvgIpc) is 2.79. The Hall–Kier alpha value is -2.03. The van der Waals surface area contributed by atoms with E-state index in [1.54, 1.807) is 0 Å². The second kappa shape index (κ2) is 4.57. The van der Waals surface area contributed by atoms with Gasteiger partial charge in [0.05, 0.1) is 5.57 Å². The Labute approximate surface area is 112 Å². The Morgan fingerprint density at radius 2 is 2.00 bits per heavy atom. The first-order valence-electron chi connectivity index (χ1n) is 6.34. The lowest BCUT2D eigenvalue weighted by Crippen LogP contribution is -2.41. The number of nitrogens with one attached hydrogen (secondary N) is 2. The van der Waals surface area contributed by atoms with E-state index in [0.717, 1.165) is 5.56 Å². The highest BCUT2D eigenvalue weighted by molar-refractivity contribution is 5.41. The van der Waals surface area contributed by atoms with Crippen molar-refractivity contribution in [2.24, 2.45) is 11.7 Å². The summed E-state index contributed by atoms with van der Waals surface area (Å²) in [5.41, 5.74) is 13.7. The number of hydrogen-bond donors (Lipinski definition) is 3. The van der Waals surface area contributed by atoms with E-state index in [-0.39, 0.29) is 30.0 Å². The quantitative estimate of drug-likeness (QED) is 0.696. The highest BCUT2D eigenvalue weighted by atomic mass is 16.5.